The van der Waals surface area contributed by atoms with Crippen LogP contribution in [-0.4, -0.2) is 117 Å². The van der Waals surface area contributed by atoms with Gasteiger partial charge in [0.15, 0.2) is 30.7 Å². The Morgan fingerprint density at radius 1 is 0.459 bits per heavy atom. The van der Waals surface area contributed by atoms with E-state index in [-0.39, 0.29) is 23.7 Å². The summed E-state index contributed by atoms with van der Waals surface area (Å²) < 4.78 is 22.4. The van der Waals surface area contributed by atoms with Gasteiger partial charge in [-0.3, -0.25) is 9.59 Å². The van der Waals surface area contributed by atoms with Gasteiger partial charge in [0.25, 0.3) is 5.91 Å². The zero-order chi connectivity index (χ0) is 45.4. The van der Waals surface area contributed by atoms with Crippen molar-refractivity contribution in [1.29, 1.82) is 0 Å². The van der Waals surface area contributed by atoms with Crippen molar-refractivity contribution < 1.29 is 47.7 Å². The van der Waals surface area contributed by atoms with E-state index in [1.807, 2.05) is 27.7 Å². The maximum Gasteiger partial charge on any atom is 0.408 e. The summed E-state index contributed by atoms with van der Waals surface area (Å²) >= 11 is 0. The van der Waals surface area contributed by atoms with Crippen LogP contribution < -0.4 is 26.6 Å². The number of carbonyl (C=O) groups is 6. The second-order valence-corrected chi connectivity index (χ2v) is 15.0. The normalized spacial score (nSPS) is 13.0. The fourth-order valence-electron chi connectivity index (χ4n) is 6.20. The monoisotopic (exact) mass is 864 g/mol. The van der Waals surface area contributed by atoms with E-state index in [1.165, 1.54) is 0 Å². The summed E-state index contributed by atoms with van der Waals surface area (Å²) in [5.74, 6) is -0.563. The van der Waals surface area contributed by atoms with Gasteiger partial charge in [0.2, 0.25) is 0 Å². The number of amides is 5. The van der Waals surface area contributed by atoms with Crippen molar-refractivity contribution in [3.63, 3.8) is 0 Å². The van der Waals surface area contributed by atoms with E-state index in [1.54, 1.807) is 61.8 Å². The summed E-state index contributed by atoms with van der Waals surface area (Å²) in [4.78, 5) is 80.0. The fourth-order valence-corrected chi connectivity index (χ4v) is 6.20. The Morgan fingerprint density at radius 3 is 1.15 bits per heavy atom. The van der Waals surface area contributed by atoms with Crippen LogP contribution in [0, 0.1) is 0 Å². The van der Waals surface area contributed by atoms with Gasteiger partial charge in [0.1, 0.15) is 0 Å². The molecule has 1 aromatic carbocycles. The lowest BCUT2D eigenvalue weighted by atomic mass is 9.99. The van der Waals surface area contributed by atoms with Crippen molar-refractivity contribution >= 4 is 36.1 Å². The SMILES string of the molecule is CCCCNC(=O)OC(C)N(CCCCNC(=O)c1ccccc1C(=O)CCCCN(C(C)OC(=O)NCCCC)C(C)OC(=O)NCCCC)C(C)OC(=O)NCCCC. The second-order valence-electron chi connectivity index (χ2n) is 15.0. The molecule has 0 spiro atoms. The highest BCUT2D eigenvalue weighted by atomic mass is 16.6. The van der Waals surface area contributed by atoms with Crippen molar-refractivity contribution in [2.75, 3.05) is 45.8 Å². The fraction of sp³-hybridized carbons (Fsp3) is 0.727. The van der Waals surface area contributed by atoms with Crippen molar-refractivity contribution in [2.45, 2.75) is 164 Å². The highest BCUT2D eigenvalue weighted by Crippen LogP contribution is 2.17. The number of alkyl carbamates (subject to hydrolysis) is 4. The smallest absolute Gasteiger partial charge is 0.408 e. The molecule has 5 N–H and O–H groups in total. The van der Waals surface area contributed by atoms with Crippen LogP contribution >= 0.6 is 0 Å². The number of nitrogens with zero attached hydrogens (tertiary/aromatic N) is 2. The molecule has 1 aromatic rings. The molecule has 0 aliphatic heterocycles. The zero-order valence-corrected chi connectivity index (χ0v) is 38.2. The molecule has 0 aliphatic carbocycles. The predicted molar refractivity (Wildman–Crippen MR) is 235 cm³/mol. The van der Waals surface area contributed by atoms with E-state index in [0.717, 1.165) is 51.4 Å². The summed E-state index contributed by atoms with van der Waals surface area (Å²) in [6.45, 7) is 18.0. The van der Waals surface area contributed by atoms with Crippen LogP contribution in [0.25, 0.3) is 0 Å². The third-order valence-electron chi connectivity index (χ3n) is 9.85. The van der Waals surface area contributed by atoms with Gasteiger partial charge in [0, 0.05) is 57.8 Å². The average Bonchev–Trinajstić information content (AvgIpc) is 3.21. The Bertz CT molecular complexity index is 1370. The first-order valence-electron chi connectivity index (χ1n) is 22.5. The average molecular weight is 864 g/mol. The van der Waals surface area contributed by atoms with Gasteiger partial charge in [-0.25, -0.2) is 29.0 Å². The van der Waals surface area contributed by atoms with Crippen LogP contribution in [0.1, 0.15) is 160 Å². The van der Waals surface area contributed by atoms with E-state index >= 15 is 0 Å². The summed E-state index contributed by atoms with van der Waals surface area (Å²) in [6, 6.07) is 6.69. The Kier molecular flexibility index (Phi) is 29.5. The van der Waals surface area contributed by atoms with Crippen LogP contribution in [-0.2, 0) is 18.9 Å². The summed E-state index contributed by atoms with van der Waals surface area (Å²) in [7, 11) is 0. The quantitative estimate of drug-likeness (QED) is 0.0205. The number of Topliss-reactive ketones (excluding diaryl/α,β-unsaturated/α-hetero) is 1. The van der Waals surface area contributed by atoms with E-state index in [4.69, 9.17) is 18.9 Å². The van der Waals surface area contributed by atoms with Crippen molar-refractivity contribution in [3.05, 3.63) is 35.4 Å². The third-order valence-corrected chi connectivity index (χ3v) is 9.85. The molecule has 4 atom stereocenters. The molecule has 0 fully saturated rings. The lowest BCUT2D eigenvalue weighted by Crippen LogP contribution is -2.47. The number of hydrogen-bond donors (Lipinski definition) is 5. The number of rotatable bonds is 32. The Labute approximate surface area is 364 Å². The minimum absolute atomic E-state index is 0.168. The molecular formula is C44H77N7O10. The van der Waals surface area contributed by atoms with E-state index in [9.17, 15) is 28.8 Å². The Morgan fingerprint density at radius 2 is 0.787 bits per heavy atom. The van der Waals surface area contributed by atoms with Gasteiger partial charge in [-0.15, -0.1) is 0 Å². The number of ether oxygens (including phenoxy) is 4. The largest absolute Gasteiger partial charge is 0.430 e. The molecule has 0 saturated carbocycles. The highest BCUT2D eigenvalue weighted by Gasteiger charge is 2.27. The molecule has 5 amide bonds. The summed E-state index contributed by atoms with van der Waals surface area (Å²) in [5, 5.41) is 13.9. The molecule has 1 rings (SSSR count). The molecule has 348 valence electrons. The van der Waals surface area contributed by atoms with Gasteiger partial charge < -0.3 is 45.5 Å². The van der Waals surface area contributed by atoms with Crippen molar-refractivity contribution in [3.8, 4) is 0 Å². The lowest BCUT2D eigenvalue weighted by Gasteiger charge is -2.33. The number of carbonyl (C=O) groups excluding carboxylic acids is 6. The van der Waals surface area contributed by atoms with E-state index in [0.29, 0.717) is 77.1 Å². The maximum absolute atomic E-state index is 13.5. The molecule has 61 heavy (non-hydrogen) atoms. The Hall–Kier alpha value is -4.64. The topological polar surface area (TPSA) is 206 Å². The molecule has 0 aliphatic rings. The van der Waals surface area contributed by atoms with Gasteiger partial charge in [-0.1, -0.05) is 71.6 Å². The zero-order valence-electron chi connectivity index (χ0n) is 38.2. The molecule has 0 saturated heterocycles. The molecule has 0 heterocycles. The first-order valence-corrected chi connectivity index (χ1v) is 22.5. The molecule has 0 bridgehead atoms. The van der Waals surface area contributed by atoms with Gasteiger partial charge >= 0.3 is 24.4 Å². The van der Waals surface area contributed by atoms with Gasteiger partial charge in [-0.05, 0) is 85.1 Å². The van der Waals surface area contributed by atoms with E-state index in [2.05, 4.69) is 26.6 Å². The van der Waals surface area contributed by atoms with Crippen LogP contribution in [0.15, 0.2) is 24.3 Å². The highest BCUT2D eigenvalue weighted by molar-refractivity contribution is 6.08. The van der Waals surface area contributed by atoms with Gasteiger partial charge in [-0.2, -0.15) is 0 Å². The summed E-state index contributed by atoms with van der Waals surface area (Å²) in [6.07, 6.45) is 4.19. The standard InChI is InChI=1S/C44H77N7O10/c1-9-13-26-46-41(54)58-33(5)50(34(6)59-42(55)47-27-14-10-2)31-21-19-25-39(52)37-23-17-18-24-38(37)40(53)45-30-20-22-32-51(35(7)60-43(56)48-28-15-11-3)36(8)61-44(57)49-29-16-12-4/h17-18,23-24,33-36H,9-16,19-22,25-32H2,1-8H3,(H,45,53)(H,46,54)(H,47,55)(H,48,56)(H,49,57). The van der Waals surface area contributed by atoms with E-state index < -0.39 is 49.3 Å². The third kappa shape index (κ3) is 23.8. The Balaban J connectivity index is 2.83. The second kappa shape index (κ2) is 33.0. The first kappa shape index (κ1) is 54.4. The van der Waals surface area contributed by atoms with Crippen molar-refractivity contribution in [2.24, 2.45) is 0 Å². The first-order chi connectivity index (χ1) is 29.3. The maximum atomic E-state index is 13.5. The predicted octanol–water partition coefficient (Wildman–Crippen LogP) is 7.64. The van der Waals surface area contributed by atoms with Crippen molar-refractivity contribution in [1.82, 2.24) is 36.4 Å². The molecule has 17 nitrogen and oxygen atoms in total. The number of nitrogens with one attached hydrogen (secondary N) is 5. The van der Waals surface area contributed by atoms with Crippen LogP contribution in [0.4, 0.5) is 19.2 Å². The molecule has 0 aromatic heterocycles. The number of ketones is 1. The number of hydrogen-bond acceptors (Lipinski definition) is 12. The number of unbranched alkanes of at least 4 members (excludes halogenated alkanes) is 6. The van der Waals surface area contributed by atoms with Gasteiger partial charge in [0.05, 0.1) is 5.56 Å². The van der Waals surface area contributed by atoms with Crippen LogP contribution in [0.5, 0.6) is 0 Å². The minimum Gasteiger partial charge on any atom is -0.430 e. The molecule has 17 heteroatoms. The number of benzene rings is 1. The van der Waals surface area contributed by atoms with Crippen LogP contribution in [0.2, 0.25) is 0 Å². The minimum atomic E-state index is -0.722. The molecule has 0 radical (unpaired) electrons. The van der Waals surface area contributed by atoms with Crippen LogP contribution in [0.3, 0.4) is 0 Å². The molecule has 4 unspecified atom stereocenters. The lowest BCUT2D eigenvalue weighted by molar-refractivity contribution is -0.0928. The molecular weight excluding hydrogens is 787 g/mol. The summed E-state index contributed by atoms with van der Waals surface area (Å²) in [5.41, 5.74) is 0.588.